The molecule has 3 atom stereocenters. The SMILES string of the molecule is N[C@@H]1C(NCc2ccccc2)COC[C@H]1NCc1ccccc1. The predicted molar refractivity (Wildman–Crippen MR) is 92.9 cm³/mol. The molecule has 23 heavy (non-hydrogen) atoms. The molecule has 0 radical (unpaired) electrons. The summed E-state index contributed by atoms with van der Waals surface area (Å²) >= 11 is 0. The van der Waals surface area contributed by atoms with Crippen LogP contribution < -0.4 is 16.4 Å². The highest BCUT2D eigenvalue weighted by atomic mass is 16.5. The first-order chi connectivity index (χ1) is 11.3. The molecule has 0 spiro atoms. The van der Waals surface area contributed by atoms with Crippen LogP contribution in [0.2, 0.25) is 0 Å². The molecular formula is C19H25N3O. The van der Waals surface area contributed by atoms with E-state index in [9.17, 15) is 0 Å². The summed E-state index contributed by atoms with van der Waals surface area (Å²) in [5.74, 6) is 0. The van der Waals surface area contributed by atoms with Gasteiger partial charge < -0.3 is 21.1 Å². The zero-order valence-corrected chi connectivity index (χ0v) is 13.3. The molecule has 1 heterocycles. The Morgan fingerprint density at radius 2 is 1.22 bits per heavy atom. The summed E-state index contributed by atoms with van der Waals surface area (Å²) in [5.41, 5.74) is 8.97. The Balaban J connectivity index is 1.50. The monoisotopic (exact) mass is 311 g/mol. The second-order valence-corrected chi connectivity index (χ2v) is 6.06. The molecule has 4 nitrogen and oxygen atoms in total. The van der Waals surface area contributed by atoms with Gasteiger partial charge in [0.15, 0.2) is 0 Å². The minimum atomic E-state index is 0.0381. The minimum absolute atomic E-state index is 0.0381. The molecule has 0 aromatic heterocycles. The first-order valence-corrected chi connectivity index (χ1v) is 8.21. The molecule has 4 N–H and O–H groups in total. The Bertz CT molecular complexity index is 524. The van der Waals surface area contributed by atoms with Crippen molar-refractivity contribution in [1.29, 1.82) is 0 Å². The van der Waals surface area contributed by atoms with Crippen molar-refractivity contribution < 1.29 is 4.74 Å². The van der Waals surface area contributed by atoms with Gasteiger partial charge in [0.25, 0.3) is 0 Å². The molecule has 1 fully saturated rings. The van der Waals surface area contributed by atoms with E-state index in [-0.39, 0.29) is 18.1 Å². The number of rotatable bonds is 6. The number of hydrogen-bond donors (Lipinski definition) is 3. The fraction of sp³-hybridized carbons (Fsp3) is 0.368. The van der Waals surface area contributed by atoms with Gasteiger partial charge in [-0.25, -0.2) is 0 Å². The van der Waals surface area contributed by atoms with Crippen molar-refractivity contribution in [3.8, 4) is 0 Å². The third-order valence-electron chi connectivity index (χ3n) is 4.35. The summed E-state index contributed by atoms with van der Waals surface area (Å²) in [6.07, 6.45) is 0. The molecular weight excluding hydrogens is 286 g/mol. The molecule has 0 bridgehead atoms. The van der Waals surface area contributed by atoms with Crippen LogP contribution in [0.25, 0.3) is 0 Å². The van der Waals surface area contributed by atoms with Crippen molar-refractivity contribution in [2.24, 2.45) is 5.73 Å². The molecule has 0 aliphatic carbocycles. The molecule has 1 aliphatic rings. The van der Waals surface area contributed by atoms with Crippen molar-refractivity contribution in [3.63, 3.8) is 0 Å². The van der Waals surface area contributed by atoms with Crippen molar-refractivity contribution in [1.82, 2.24) is 10.6 Å². The highest BCUT2D eigenvalue weighted by molar-refractivity contribution is 5.15. The van der Waals surface area contributed by atoms with E-state index in [1.54, 1.807) is 0 Å². The van der Waals surface area contributed by atoms with Gasteiger partial charge in [-0.05, 0) is 11.1 Å². The summed E-state index contributed by atoms with van der Waals surface area (Å²) < 4.78 is 5.74. The standard InChI is InChI=1S/C19H25N3O/c20-19-17(21-11-15-7-3-1-4-8-15)13-23-14-18(19)22-12-16-9-5-2-6-10-16/h1-10,17-19,21-22H,11-14,20H2/t17-,18?,19+/m1/s1. The van der Waals surface area contributed by atoms with Gasteiger partial charge in [0, 0.05) is 31.2 Å². The number of nitrogens with one attached hydrogen (secondary N) is 2. The average molecular weight is 311 g/mol. The van der Waals surface area contributed by atoms with E-state index >= 15 is 0 Å². The lowest BCUT2D eigenvalue weighted by atomic mass is 9.98. The molecule has 1 unspecified atom stereocenters. The summed E-state index contributed by atoms with van der Waals surface area (Å²) in [4.78, 5) is 0. The molecule has 2 aromatic rings. The topological polar surface area (TPSA) is 59.3 Å². The zero-order chi connectivity index (χ0) is 15.9. The molecule has 3 rings (SSSR count). The van der Waals surface area contributed by atoms with E-state index in [4.69, 9.17) is 10.5 Å². The largest absolute Gasteiger partial charge is 0.378 e. The number of benzene rings is 2. The van der Waals surface area contributed by atoms with Crippen LogP contribution in [-0.4, -0.2) is 31.3 Å². The fourth-order valence-electron chi connectivity index (χ4n) is 2.90. The molecule has 0 amide bonds. The van der Waals surface area contributed by atoms with Gasteiger partial charge in [0.2, 0.25) is 0 Å². The normalized spacial score (nSPS) is 24.5. The maximum Gasteiger partial charge on any atom is 0.0636 e. The maximum absolute atomic E-state index is 6.45. The average Bonchev–Trinajstić information content (AvgIpc) is 2.61. The van der Waals surface area contributed by atoms with Crippen molar-refractivity contribution in [3.05, 3.63) is 71.8 Å². The summed E-state index contributed by atoms with van der Waals surface area (Å²) in [7, 11) is 0. The van der Waals surface area contributed by atoms with Crippen LogP contribution >= 0.6 is 0 Å². The number of hydrogen-bond acceptors (Lipinski definition) is 4. The van der Waals surface area contributed by atoms with E-state index in [1.165, 1.54) is 11.1 Å². The second-order valence-electron chi connectivity index (χ2n) is 6.06. The molecule has 122 valence electrons. The van der Waals surface area contributed by atoms with Crippen LogP contribution in [0.3, 0.4) is 0 Å². The first-order valence-electron chi connectivity index (χ1n) is 8.21. The summed E-state index contributed by atoms with van der Waals surface area (Å²) in [6, 6.07) is 21.1. The van der Waals surface area contributed by atoms with Crippen LogP contribution in [-0.2, 0) is 17.8 Å². The highest BCUT2D eigenvalue weighted by Gasteiger charge is 2.30. The lowest BCUT2D eigenvalue weighted by Crippen LogP contribution is -2.62. The second kappa shape index (κ2) is 8.22. The van der Waals surface area contributed by atoms with E-state index in [0.717, 1.165) is 13.1 Å². The minimum Gasteiger partial charge on any atom is -0.378 e. The predicted octanol–water partition coefficient (Wildman–Crippen LogP) is 1.66. The zero-order valence-electron chi connectivity index (χ0n) is 13.3. The van der Waals surface area contributed by atoms with Gasteiger partial charge in [-0.15, -0.1) is 0 Å². The van der Waals surface area contributed by atoms with E-state index in [2.05, 4.69) is 59.2 Å². The third-order valence-corrected chi connectivity index (χ3v) is 4.35. The van der Waals surface area contributed by atoms with E-state index in [1.807, 2.05) is 12.1 Å². The molecule has 1 aliphatic heterocycles. The molecule has 0 saturated carbocycles. The summed E-state index contributed by atoms with van der Waals surface area (Å²) in [5, 5.41) is 7.05. The molecule has 2 aromatic carbocycles. The van der Waals surface area contributed by atoms with E-state index < -0.39 is 0 Å². The van der Waals surface area contributed by atoms with E-state index in [0.29, 0.717) is 13.2 Å². The Morgan fingerprint density at radius 1 is 0.783 bits per heavy atom. The van der Waals surface area contributed by atoms with Gasteiger partial charge in [-0.2, -0.15) is 0 Å². The van der Waals surface area contributed by atoms with Crippen molar-refractivity contribution >= 4 is 0 Å². The summed E-state index contributed by atoms with van der Waals surface area (Å²) in [6.45, 7) is 2.96. The lowest BCUT2D eigenvalue weighted by Gasteiger charge is -2.37. The van der Waals surface area contributed by atoms with Gasteiger partial charge in [0.1, 0.15) is 0 Å². The first kappa shape index (κ1) is 16.1. The number of nitrogens with two attached hydrogens (primary N) is 1. The van der Waals surface area contributed by atoms with Gasteiger partial charge >= 0.3 is 0 Å². The molecule has 1 saturated heterocycles. The number of ether oxygens (including phenoxy) is 1. The Kier molecular flexibility index (Phi) is 5.77. The molecule has 4 heteroatoms. The van der Waals surface area contributed by atoms with Crippen LogP contribution in [0, 0.1) is 0 Å². The van der Waals surface area contributed by atoms with Crippen LogP contribution in [0.4, 0.5) is 0 Å². The van der Waals surface area contributed by atoms with Crippen LogP contribution in [0.1, 0.15) is 11.1 Å². The quantitative estimate of drug-likeness (QED) is 0.759. The fourth-order valence-corrected chi connectivity index (χ4v) is 2.90. The lowest BCUT2D eigenvalue weighted by molar-refractivity contribution is 0.0321. The maximum atomic E-state index is 6.45. The van der Waals surface area contributed by atoms with Crippen LogP contribution in [0.15, 0.2) is 60.7 Å². The van der Waals surface area contributed by atoms with Gasteiger partial charge in [-0.3, -0.25) is 0 Å². The Hall–Kier alpha value is -1.72. The van der Waals surface area contributed by atoms with Crippen molar-refractivity contribution in [2.45, 2.75) is 31.2 Å². The smallest absolute Gasteiger partial charge is 0.0636 e. The highest BCUT2D eigenvalue weighted by Crippen LogP contribution is 2.10. The van der Waals surface area contributed by atoms with Gasteiger partial charge in [0.05, 0.1) is 13.2 Å². The van der Waals surface area contributed by atoms with Crippen LogP contribution in [0.5, 0.6) is 0 Å². The Morgan fingerprint density at radius 3 is 1.65 bits per heavy atom. The van der Waals surface area contributed by atoms with Gasteiger partial charge in [-0.1, -0.05) is 60.7 Å². The third kappa shape index (κ3) is 4.62. The van der Waals surface area contributed by atoms with Crippen molar-refractivity contribution in [2.75, 3.05) is 13.2 Å². The Labute approximate surface area is 138 Å².